The van der Waals surface area contributed by atoms with Crippen molar-refractivity contribution in [3.8, 4) is 11.8 Å². The van der Waals surface area contributed by atoms with Crippen molar-refractivity contribution in [1.29, 1.82) is 5.26 Å². The van der Waals surface area contributed by atoms with E-state index < -0.39 is 29.7 Å². The van der Waals surface area contributed by atoms with Crippen LogP contribution in [-0.2, 0) is 9.59 Å². The second-order valence-corrected chi connectivity index (χ2v) is 17.0. The van der Waals surface area contributed by atoms with Gasteiger partial charge in [-0.05, 0) is 92.6 Å². The van der Waals surface area contributed by atoms with E-state index in [1.807, 2.05) is 24.3 Å². The third-order valence-corrected chi connectivity index (χ3v) is 12.4. The number of carbonyl (C=O) groups excluding carboxylic acids is 5. The second-order valence-electron chi connectivity index (χ2n) is 16.6. The van der Waals surface area contributed by atoms with Gasteiger partial charge in [0.15, 0.2) is 0 Å². The number of rotatable bonds is 11. The molecule has 3 aliphatic heterocycles. The number of anilines is 2. The summed E-state index contributed by atoms with van der Waals surface area (Å²) in [6, 6.07) is 18.9. The van der Waals surface area contributed by atoms with Gasteiger partial charge in [0.1, 0.15) is 24.0 Å². The number of hydrogen-bond acceptors (Lipinski definition) is 9. The predicted molar refractivity (Wildman–Crippen MR) is 212 cm³/mol. The van der Waals surface area contributed by atoms with Crippen LogP contribution in [0.4, 0.5) is 11.4 Å². The topological polar surface area (TPSA) is 161 Å². The molecule has 4 aliphatic rings. The first kappa shape index (κ1) is 38.8. The molecule has 12 nitrogen and oxygen atoms in total. The molecule has 1 atom stereocenters. The minimum Gasteiger partial charge on any atom is -0.489 e. The molecule has 1 unspecified atom stereocenters. The molecule has 0 bridgehead atoms. The van der Waals surface area contributed by atoms with Gasteiger partial charge >= 0.3 is 0 Å². The first-order valence-electron chi connectivity index (χ1n) is 19.3. The van der Waals surface area contributed by atoms with Gasteiger partial charge in [-0.15, -0.1) is 0 Å². The molecule has 3 aromatic carbocycles. The Hall–Kier alpha value is -5.41. The van der Waals surface area contributed by atoms with Crippen molar-refractivity contribution in [2.75, 3.05) is 29.9 Å². The lowest BCUT2D eigenvalue weighted by molar-refractivity contribution is -0.164. The Bertz CT molecular complexity index is 2100. The molecule has 2 saturated heterocycles. The van der Waals surface area contributed by atoms with Crippen molar-refractivity contribution >= 4 is 52.5 Å². The lowest BCUT2D eigenvalue weighted by atomic mass is 9.49. The molecule has 3 heterocycles. The summed E-state index contributed by atoms with van der Waals surface area (Å²) in [6.07, 6.45) is 4.18. The molecule has 3 aromatic rings. The molecule has 5 amide bonds. The normalized spacial score (nSPS) is 22.8. The smallest absolute Gasteiger partial charge is 0.262 e. The summed E-state index contributed by atoms with van der Waals surface area (Å²) in [5.41, 5.74) is 2.67. The fourth-order valence-corrected chi connectivity index (χ4v) is 9.53. The SMILES string of the molecule is CC1(C)[C@H](NC(=O)c2ccc(N3CCC(CCCNc4ccc5c(c4)C(=O)N(C4CCC(=O)NC4=O)C5=O)CC3)cc2)C(C)(C)[C@H]1Oc1ccc(C#N)c(Cl)c1. The molecule has 0 aromatic heterocycles. The van der Waals surface area contributed by atoms with Crippen LogP contribution in [0.3, 0.4) is 0 Å². The van der Waals surface area contributed by atoms with Crippen molar-refractivity contribution in [2.24, 2.45) is 16.7 Å². The number of ether oxygens (including phenoxy) is 1. The zero-order valence-electron chi connectivity index (χ0n) is 32.1. The number of carbonyl (C=O) groups is 5. The number of nitrogens with zero attached hydrogens (tertiary/aromatic N) is 3. The number of halogens is 1. The van der Waals surface area contributed by atoms with E-state index in [2.05, 4.69) is 54.6 Å². The first-order valence-corrected chi connectivity index (χ1v) is 19.7. The third-order valence-electron chi connectivity index (χ3n) is 12.1. The Morgan fingerprint density at radius 2 is 1.62 bits per heavy atom. The number of piperidine rings is 2. The van der Waals surface area contributed by atoms with Gasteiger partial charge in [-0.2, -0.15) is 5.26 Å². The zero-order valence-corrected chi connectivity index (χ0v) is 32.9. The van der Waals surface area contributed by atoms with E-state index in [1.165, 1.54) is 0 Å². The average Bonchev–Trinajstić information content (AvgIpc) is 3.42. The van der Waals surface area contributed by atoms with E-state index >= 15 is 0 Å². The van der Waals surface area contributed by atoms with Crippen LogP contribution in [0.25, 0.3) is 0 Å². The van der Waals surface area contributed by atoms with Crippen LogP contribution in [-0.4, -0.2) is 72.3 Å². The van der Waals surface area contributed by atoms with Gasteiger partial charge in [-0.25, -0.2) is 0 Å². The Morgan fingerprint density at radius 1 is 0.929 bits per heavy atom. The maximum absolute atomic E-state index is 13.4. The van der Waals surface area contributed by atoms with Gasteiger partial charge in [0.05, 0.1) is 21.7 Å². The molecule has 1 aliphatic carbocycles. The van der Waals surface area contributed by atoms with Crippen molar-refractivity contribution < 1.29 is 28.7 Å². The Kier molecular flexibility index (Phi) is 10.6. The van der Waals surface area contributed by atoms with E-state index in [-0.39, 0.29) is 52.9 Å². The number of nitrogens with one attached hydrogen (secondary N) is 3. The summed E-state index contributed by atoms with van der Waals surface area (Å²) in [5.74, 6) is -0.973. The summed E-state index contributed by atoms with van der Waals surface area (Å²) >= 11 is 6.24. The minimum absolute atomic E-state index is 0.0845. The van der Waals surface area contributed by atoms with E-state index in [4.69, 9.17) is 16.3 Å². The summed E-state index contributed by atoms with van der Waals surface area (Å²) in [5, 5.41) is 18.4. The maximum atomic E-state index is 13.4. The summed E-state index contributed by atoms with van der Waals surface area (Å²) in [7, 11) is 0. The van der Waals surface area contributed by atoms with E-state index in [0.29, 0.717) is 27.8 Å². The molecular formula is C43H47ClN6O6. The van der Waals surface area contributed by atoms with E-state index in [0.717, 1.165) is 61.6 Å². The number of nitriles is 1. The number of fused-ring (bicyclic) bond motifs is 1. The fraction of sp³-hybridized carbons (Fsp3) is 0.442. The third kappa shape index (κ3) is 7.32. The zero-order chi connectivity index (χ0) is 39.9. The van der Waals surface area contributed by atoms with Crippen molar-refractivity contribution in [3.63, 3.8) is 0 Å². The number of imide groups is 2. The molecule has 13 heteroatoms. The summed E-state index contributed by atoms with van der Waals surface area (Å²) in [4.78, 5) is 66.8. The molecule has 7 rings (SSSR count). The largest absolute Gasteiger partial charge is 0.489 e. The molecular weight excluding hydrogens is 732 g/mol. The molecule has 1 saturated carbocycles. The Morgan fingerprint density at radius 3 is 2.29 bits per heavy atom. The monoisotopic (exact) mass is 778 g/mol. The highest BCUT2D eigenvalue weighted by atomic mass is 35.5. The van der Waals surface area contributed by atoms with Crippen LogP contribution in [0.2, 0.25) is 5.02 Å². The lowest BCUT2D eigenvalue weighted by Crippen LogP contribution is -2.74. The molecule has 0 spiro atoms. The lowest BCUT2D eigenvalue weighted by Gasteiger charge is -2.63. The minimum atomic E-state index is -0.980. The van der Waals surface area contributed by atoms with Crippen LogP contribution in [0.5, 0.6) is 5.75 Å². The van der Waals surface area contributed by atoms with Crippen LogP contribution in [0.1, 0.15) is 103 Å². The quantitative estimate of drug-likeness (QED) is 0.149. The molecule has 56 heavy (non-hydrogen) atoms. The molecule has 3 N–H and O–H groups in total. The number of amides is 5. The van der Waals surface area contributed by atoms with Gasteiger partial charge < -0.3 is 20.3 Å². The molecule has 0 radical (unpaired) electrons. The number of benzene rings is 3. The fourth-order valence-electron chi connectivity index (χ4n) is 9.32. The van der Waals surface area contributed by atoms with Gasteiger partial charge in [0, 0.05) is 65.9 Å². The molecule has 3 fully saturated rings. The number of hydrogen-bond donors (Lipinski definition) is 3. The van der Waals surface area contributed by atoms with Crippen LogP contribution in [0.15, 0.2) is 60.7 Å². The van der Waals surface area contributed by atoms with Gasteiger partial charge in [0.2, 0.25) is 11.8 Å². The summed E-state index contributed by atoms with van der Waals surface area (Å²) < 4.78 is 6.37. The first-order chi connectivity index (χ1) is 26.7. The van der Waals surface area contributed by atoms with Gasteiger partial charge in [-0.1, -0.05) is 39.3 Å². The van der Waals surface area contributed by atoms with Crippen LogP contribution in [0, 0.1) is 28.1 Å². The van der Waals surface area contributed by atoms with Crippen molar-refractivity contribution in [1.82, 2.24) is 15.5 Å². The van der Waals surface area contributed by atoms with Crippen molar-refractivity contribution in [2.45, 2.75) is 84.4 Å². The molecule has 292 valence electrons. The Balaban J connectivity index is 0.847. The summed E-state index contributed by atoms with van der Waals surface area (Å²) in [6.45, 7) is 10.9. The average molecular weight is 779 g/mol. The highest BCUT2D eigenvalue weighted by Gasteiger charge is 2.64. The van der Waals surface area contributed by atoms with E-state index in [9.17, 15) is 29.2 Å². The maximum Gasteiger partial charge on any atom is 0.262 e. The van der Waals surface area contributed by atoms with Crippen LogP contribution < -0.4 is 25.6 Å². The van der Waals surface area contributed by atoms with E-state index in [1.54, 1.807) is 36.4 Å². The predicted octanol–water partition coefficient (Wildman–Crippen LogP) is 6.33. The standard InChI is InChI=1S/C43H47ClN6O6/c1-42(2)40(43(3,4)41(42)56-30-13-9-27(24-45)33(44)23-30)48-36(52)26-7-11-29(12-8-26)49-20-17-25(18-21-49)6-5-19-46-28-10-14-31-32(22-28)39(55)50(38(31)54)34-15-16-35(51)47-37(34)53/h7-14,22-23,25,34,40-41,46H,5-6,15-21H2,1-4H3,(H,48,52)(H,47,51,53)/t34?,40-,41-. The Labute approximate surface area is 331 Å². The van der Waals surface area contributed by atoms with Crippen LogP contribution >= 0.6 is 11.6 Å². The highest BCUT2D eigenvalue weighted by Crippen LogP contribution is 2.55. The van der Waals surface area contributed by atoms with Gasteiger partial charge in [0.25, 0.3) is 17.7 Å². The van der Waals surface area contributed by atoms with Gasteiger partial charge in [-0.3, -0.25) is 34.2 Å². The second kappa shape index (κ2) is 15.3. The highest BCUT2D eigenvalue weighted by molar-refractivity contribution is 6.31. The van der Waals surface area contributed by atoms with Crippen molar-refractivity contribution in [3.05, 3.63) is 87.9 Å².